The summed E-state index contributed by atoms with van der Waals surface area (Å²) < 4.78 is 13.8. The molecule has 1 amide bonds. The number of aryl methyl sites for hydroxylation is 2. The molecule has 2 heterocycles. The molecule has 5 rings (SSSR count). The first-order valence-electron chi connectivity index (χ1n) is 12.9. The molecule has 1 aliphatic rings. The van der Waals surface area contributed by atoms with Gasteiger partial charge in [-0.05, 0) is 91.1 Å². The summed E-state index contributed by atoms with van der Waals surface area (Å²) in [7, 11) is 0. The van der Waals surface area contributed by atoms with Crippen molar-refractivity contribution < 1.29 is 14.3 Å². The van der Waals surface area contributed by atoms with Gasteiger partial charge in [-0.1, -0.05) is 47.6 Å². The summed E-state index contributed by atoms with van der Waals surface area (Å²) in [5.74, 6) is 1.43. The van der Waals surface area contributed by atoms with Crippen molar-refractivity contribution in [2.24, 2.45) is 0 Å². The predicted octanol–water partition coefficient (Wildman–Crippen LogP) is 5.50. The Morgan fingerprint density at radius 1 is 0.974 bits per heavy atom. The molecule has 4 aromatic rings. The van der Waals surface area contributed by atoms with Crippen LogP contribution in [-0.2, 0) is 11.4 Å². The first-order chi connectivity index (χ1) is 18.9. The van der Waals surface area contributed by atoms with Gasteiger partial charge in [-0.3, -0.25) is 4.79 Å². The Balaban J connectivity index is 1.51. The predicted molar refractivity (Wildman–Crippen MR) is 150 cm³/mol. The van der Waals surface area contributed by atoms with Gasteiger partial charge >= 0.3 is 0 Å². The number of fused-ring (bicyclic) bond motifs is 1. The van der Waals surface area contributed by atoms with E-state index in [0.717, 1.165) is 33.5 Å². The maximum Gasteiger partial charge on any atom is 0.255 e. The highest BCUT2D eigenvalue weighted by molar-refractivity contribution is 6.06. The fraction of sp³-hybridized carbons (Fsp3) is 0.267. The van der Waals surface area contributed by atoms with Gasteiger partial charge in [0.15, 0.2) is 11.5 Å². The van der Waals surface area contributed by atoms with E-state index in [1.54, 1.807) is 4.68 Å². The Morgan fingerprint density at radius 2 is 1.77 bits per heavy atom. The second-order valence-electron chi connectivity index (χ2n) is 9.57. The van der Waals surface area contributed by atoms with Gasteiger partial charge in [-0.25, -0.2) is 0 Å². The number of rotatable bonds is 8. The monoisotopic (exact) mass is 524 g/mol. The Labute approximate surface area is 227 Å². The smallest absolute Gasteiger partial charge is 0.255 e. The van der Waals surface area contributed by atoms with E-state index in [9.17, 15) is 4.79 Å². The van der Waals surface area contributed by atoms with Crippen LogP contribution >= 0.6 is 0 Å². The SMILES string of the molecule is CCOc1cc(C2C(C(=O)Nc3cccc(C)c3C)=C(C)Nc3nnnn32)ccc1OCc1ccccc1C. The first-order valence-corrected chi connectivity index (χ1v) is 12.9. The lowest BCUT2D eigenvalue weighted by atomic mass is 9.94. The van der Waals surface area contributed by atoms with Crippen LogP contribution < -0.4 is 20.1 Å². The number of carbonyl (C=O) groups excluding carboxylic acids is 1. The zero-order valence-electron chi connectivity index (χ0n) is 22.8. The number of hydrogen-bond donors (Lipinski definition) is 2. The molecule has 1 aliphatic heterocycles. The highest BCUT2D eigenvalue weighted by Gasteiger charge is 2.34. The average molecular weight is 525 g/mol. The standard InChI is InChI=1S/C30H32N6O3/c1-6-38-26-16-22(14-15-25(26)39-17-23-12-8-7-10-19(23)3)28-27(21(5)31-30-33-34-35-36(28)30)29(37)32-24-13-9-11-18(2)20(24)4/h7-16,28H,6,17H2,1-5H3,(H,32,37)(H,31,33,35). The van der Waals surface area contributed by atoms with E-state index in [2.05, 4.69) is 39.1 Å². The molecule has 0 radical (unpaired) electrons. The molecule has 2 N–H and O–H groups in total. The van der Waals surface area contributed by atoms with E-state index in [0.29, 0.717) is 41.9 Å². The molecule has 3 aromatic carbocycles. The van der Waals surface area contributed by atoms with Crippen molar-refractivity contribution in [2.75, 3.05) is 17.2 Å². The van der Waals surface area contributed by atoms with E-state index in [-0.39, 0.29) is 5.91 Å². The maximum absolute atomic E-state index is 13.8. The van der Waals surface area contributed by atoms with Crippen molar-refractivity contribution in [1.82, 2.24) is 20.2 Å². The lowest BCUT2D eigenvalue weighted by molar-refractivity contribution is -0.113. The average Bonchev–Trinajstić information content (AvgIpc) is 3.38. The van der Waals surface area contributed by atoms with Gasteiger partial charge in [0.1, 0.15) is 12.6 Å². The third kappa shape index (κ3) is 5.20. The lowest BCUT2D eigenvalue weighted by Crippen LogP contribution is -2.31. The molecule has 1 aromatic heterocycles. The van der Waals surface area contributed by atoms with E-state index < -0.39 is 6.04 Å². The Kier molecular flexibility index (Phi) is 7.31. The summed E-state index contributed by atoms with van der Waals surface area (Å²) in [4.78, 5) is 13.8. The zero-order valence-corrected chi connectivity index (χ0v) is 22.8. The number of benzene rings is 3. The van der Waals surface area contributed by atoms with Crippen molar-refractivity contribution in [3.8, 4) is 11.5 Å². The second-order valence-corrected chi connectivity index (χ2v) is 9.57. The summed E-state index contributed by atoms with van der Waals surface area (Å²) in [6, 6.07) is 19.1. The molecule has 0 spiro atoms. The van der Waals surface area contributed by atoms with Crippen LogP contribution in [0.15, 0.2) is 71.9 Å². The number of ether oxygens (including phenoxy) is 2. The third-order valence-electron chi connectivity index (χ3n) is 7.04. The van der Waals surface area contributed by atoms with Gasteiger partial charge < -0.3 is 20.1 Å². The second kappa shape index (κ2) is 11.0. The zero-order chi connectivity index (χ0) is 27.5. The van der Waals surface area contributed by atoms with E-state index in [1.807, 2.05) is 82.3 Å². The number of anilines is 2. The van der Waals surface area contributed by atoms with Gasteiger partial charge in [-0.15, -0.1) is 0 Å². The van der Waals surface area contributed by atoms with Crippen LogP contribution in [0.2, 0.25) is 0 Å². The molecule has 0 fully saturated rings. The molecule has 9 heteroatoms. The largest absolute Gasteiger partial charge is 0.490 e. The van der Waals surface area contributed by atoms with Crippen LogP contribution in [0.4, 0.5) is 11.6 Å². The number of aromatic nitrogens is 4. The summed E-state index contributed by atoms with van der Waals surface area (Å²) in [5.41, 5.74) is 7.11. The van der Waals surface area contributed by atoms with Crippen molar-refractivity contribution in [2.45, 2.75) is 47.3 Å². The molecule has 0 bridgehead atoms. The van der Waals surface area contributed by atoms with Crippen molar-refractivity contribution in [3.05, 3.63) is 99.8 Å². The fourth-order valence-corrected chi connectivity index (χ4v) is 4.70. The van der Waals surface area contributed by atoms with Crippen molar-refractivity contribution >= 4 is 17.5 Å². The van der Waals surface area contributed by atoms with Crippen LogP contribution in [0.25, 0.3) is 0 Å². The number of allylic oxidation sites excluding steroid dienone is 1. The molecule has 1 unspecified atom stereocenters. The quantitative estimate of drug-likeness (QED) is 0.314. The van der Waals surface area contributed by atoms with Gasteiger partial charge in [0, 0.05) is 11.4 Å². The van der Waals surface area contributed by atoms with E-state index in [4.69, 9.17) is 9.47 Å². The number of amides is 1. The number of tetrazole rings is 1. The minimum absolute atomic E-state index is 0.238. The van der Waals surface area contributed by atoms with Crippen LogP contribution in [-0.4, -0.2) is 32.7 Å². The number of hydrogen-bond acceptors (Lipinski definition) is 7. The fourth-order valence-electron chi connectivity index (χ4n) is 4.70. The van der Waals surface area contributed by atoms with Gasteiger partial charge in [-0.2, -0.15) is 4.68 Å². The van der Waals surface area contributed by atoms with Gasteiger partial charge in [0.2, 0.25) is 5.95 Å². The van der Waals surface area contributed by atoms with Crippen molar-refractivity contribution in [1.29, 1.82) is 0 Å². The van der Waals surface area contributed by atoms with E-state index in [1.165, 1.54) is 0 Å². The van der Waals surface area contributed by atoms with Gasteiger partial charge in [0.05, 0.1) is 12.2 Å². The first kappa shape index (κ1) is 26.0. The molecule has 200 valence electrons. The van der Waals surface area contributed by atoms with Crippen LogP contribution in [0.5, 0.6) is 11.5 Å². The molecular formula is C30H32N6O3. The minimum Gasteiger partial charge on any atom is -0.490 e. The molecule has 39 heavy (non-hydrogen) atoms. The Morgan fingerprint density at radius 3 is 2.56 bits per heavy atom. The molecule has 0 aliphatic carbocycles. The Hall–Kier alpha value is -4.66. The maximum atomic E-state index is 13.8. The van der Waals surface area contributed by atoms with E-state index >= 15 is 0 Å². The minimum atomic E-state index is -0.578. The number of nitrogens with one attached hydrogen (secondary N) is 2. The van der Waals surface area contributed by atoms with Crippen molar-refractivity contribution in [3.63, 3.8) is 0 Å². The normalized spacial score (nSPS) is 14.4. The van der Waals surface area contributed by atoms with Gasteiger partial charge in [0.25, 0.3) is 5.91 Å². The van der Waals surface area contributed by atoms with Crippen LogP contribution in [0.1, 0.15) is 47.7 Å². The number of carbonyl (C=O) groups is 1. The number of nitrogens with zero attached hydrogens (tertiary/aromatic N) is 4. The summed E-state index contributed by atoms with van der Waals surface area (Å²) >= 11 is 0. The molecule has 0 saturated heterocycles. The third-order valence-corrected chi connectivity index (χ3v) is 7.04. The summed E-state index contributed by atoms with van der Waals surface area (Å²) in [5, 5.41) is 18.4. The molecule has 1 atom stereocenters. The van der Waals surface area contributed by atoms with Crippen LogP contribution in [0.3, 0.4) is 0 Å². The topological polar surface area (TPSA) is 103 Å². The Bertz CT molecular complexity index is 1560. The highest BCUT2D eigenvalue weighted by Crippen LogP contribution is 2.39. The summed E-state index contributed by atoms with van der Waals surface area (Å²) in [6.07, 6.45) is 0. The molecular weight excluding hydrogens is 492 g/mol. The van der Waals surface area contributed by atoms with Crippen LogP contribution in [0, 0.1) is 20.8 Å². The highest BCUT2D eigenvalue weighted by atomic mass is 16.5. The molecule has 0 saturated carbocycles. The lowest BCUT2D eigenvalue weighted by Gasteiger charge is -2.28. The summed E-state index contributed by atoms with van der Waals surface area (Å²) in [6.45, 7) is 10.7. The molecule has 9 nitrogen and oxygen atoms in total.